The number of carbonyl (C=O) groups excluding carboxylic acids is 1. The number of ether oxygens (including phenoxy) is 1. The first-order valence-electron chi connectivity index (χ1n) is 7.99. The second kappa shape index (κ2) is 7.29. The van der Waals surface area contributed by atoms with Crippen LogP contribution in [0, 0.1) is 15.9 Å². The van der Waals surface area contributed by atoms with Gasteiger partial charge in [0.1, 0.15) is 5.75 Å². The standard InChI is InChI=1S/C18H17FN2O4/c19-14-7-3-5-12(18(14)21(23)24)11-17(22)20-15-8-4-10-25-16-9-2-1-6-13(15)16/h1-3,5-7,9,15H,4,8,10-11H2,(H,20,22)/t15-/m0/s1. The van der Waals surface area contributed by atoms with Crippen LogP contribution in [0.15, 0.2) is 42.5 Å². The lowest BCUT2D eigenvalue weighted by Gasteiger charge is -2.18. The van der Waals surface area contributed by atoms with Gasteiger partial charge >= 0.3 is 5.69 Å². The van der Waals surface area contributed by atoms with Gasteiger partial charge in [-0.05, 0) is 25.0 Å². The molecular formula is C18H17FN2O4. The van der Waals surface area contributed by atoms with Gasteiger partial charge in [-0.2, -0.15) is 4.39 Å². The zero-order chi connectivity index (χ0) is 17.8. The van der Waals surface area contributed by atoms with Crippen LogP contribution in [0.5, 0.6) is 5.75 Å². The number of para-hydroxylation sites is 2. The van der Waals surface area contributed by atoms with Gasteiger partial charge in [0.2, 0.25) is 11.7 Å². The summed E-state index contributed by atoms with van der Waals surface area (Å²) in [6, 6.07) is 11.0. The monoisotopic (exact) mass is 344 g/mol. The molecule has 0 unspecified atom stereocenters. The fraction of sp³-hybridized carbons (Fsp3) is 0.278. The molecule has 7 heteroatoms. The van der Waals surface area contributed by atoms with Crippen LogP contribution in [0.25, 0.3) is 0 Å². The van der Waals surface area contributed by atoms with Crippen molar-refractivity contribution in [3.63, 3.8) is 0 Å². The van der Waals surface area contributed by atoms with Crippen LogP contribution in [0.2, 0.25) is 0 Å². The van der Waals surface area contributed by atoms with Crippen LogP contribution in [-0.4, -0.2) is 17.4 Å². The lowest BCUT2D eigenvalue weighted by Crippen LogP contribution is -2.30. The van der Waals surface area contributed by atoms with Crippen LogP contribution in [-0.2, 0) is 11.2 Å². The summed E-state index contributed by atoms with van der Waals surface area (Å²) in [5, 5.41) is 13.9. The van der Waals surface area contributed by atoms with Gasteiger partial charge in [-0.25, -0.2) is 0 Å². The van der Waals surface area contributed by atoms with Gasteiger partial charge in [0.05, 0.1) is 24.0 Å². The molecule has 1 aliphatic heterocycles. The summed E-state index contributed by atoms with van der Waals surface area (Å²) >= 11 is 0. The third-order valence-corrected chi connectivity index (χ3v) is 4.13. The zero-order valence-electron chi connectivity index (χ0n) is 13.4. The number of benzene rings is 2. The maximum Gasteiger partial charge on any atom is 0.308 e. The molecule has 1 amide bonds. The Morgan fingerprint density at radius 2 is 2.08 bits per heavy atom. The predicted molar refractivity (Wildman–Crippen MR) is 88.8 cm³/mol. The van der Waals surface area contributed by atoms with E-state index in [1.54, 1.807) is 0 Å². The zero-order valence-corrected chi connectivity index (χ0v) is 13.4. The second-order valence-corrected chi connectivity index (χ2v) is 5.83. The van der Waals surface area contributed by atoms with E-state index >= 15 is 0 Å². The average Bonchev–Trinajstić information content (AvgIpc) is 2.77. The Labute approximate surface area is 143 Å². The van der Waals surface area contributed by atoms with Gasteiger partial charge < -0.3 is 10.1 Å². The molecule has 0 spiro atoms. The number of carbonyl (C=O) groups is 1. The highest BCUT2D eigenvalue weighted by Gasteiger charge is 2.24. The van der Waals surface area contributed by atoms with Gasteiger partial charge in [-0.15, -0.1) is 0 Å². The van der Waals surface area contributed by atoms with Crippen molar-refractivity contribution in [1.82, 2.24) is 5.32 Å². The molecule has 0 radical (unpaired) electrons. The smallest absolute Gasteiger partial charge is 0.308 e. The number of hydrogen-bond acceptors (Lipinski definition) is 4. The minimum atomic E-state index is -0.941. The Bertz CT molecular complexity index is 809. The molecule has 0 bridgehead atoms. The Kier molecular flexibility index (Phi) is 4.92. The summed E-state index contributed by atoms with van der Waals surface area (Å²) in [6.45, 7) is 0.568. The summed E-state index contributed by atoms with van der Waals surface area (Å²) in [5.41, 5.74) is 0.282. The fourth-order valence-electron chi connectivity index (χ4n) is 3.00. The van der Waals surface area contributed by atoms with E-state index in [0.717, 1.165) is 23.8 Å². The number of nitrogens with zero attached hydrogens (tertiary/aromatic N) is 1. The third kappa shape index (κ3) is 3.76. The molecule has 1 N–H and O–H groups in total. The first kappa shape index (κ1) is 16.9. The first-order valence-corrected chi connectivity index (χ1v) is 7.99. The van der Waals surface area contributed by atoms with Crippen molar-refractivity contribution in [1.29, 1.82) is 0 Å². The van der Waals surface area contributed by atoms with Crippen LogP contribution >= 0.6 is 0 Å². The third-order valence-electron chi connectivity index (χ3n) is 4.13. The quantitative estimate of drug-likeness (QED) is 0.681. The molecule has 1 aliphatic rings. The number of amides is 1. The highest BCUT2D eigenvalue weighted by Crippen LogP contribution is 2.31. The maximum absolute atomic E-state index is 13.7. The van der Waals surface area contributed by atoms with Gasteiger partial charge in [0.25, 0.3) is 0 Å². The van der Waals surface area contributed by atoms with Crippen LogP contribution in [0.1, 0.15) is 30.0 Å². The number of nitro groups is 1. The lowest BCUT2D eigenvalue weighted by atomic mass is 10.0. The second-order valence-electron chi connectivity index (χ2n) is 5.83. The van der Waals surface area contributed by atoms with Crippen molar-refractivity contribution >= 4 is 11.6 Å². The van der Waals surface area contributed by atoms with Gasteiger partial charge in [0.15, 0.2) is 0 Å². The summed E-state index contributed by atoms with van der Waals surface area (Å²) < 4.78 is 19.3. The Hall–Kier alpha value is -2.96. The minimum absolute atomic E-state index is 0.0562. The van der Waals surface area contributed by atoms with Crippen molar-refractivity contribution in [2.75, 3.05) is 6.61 Å². The fourth-order valence-corrected chi connectivity index (χ4v) is 3.00. The van der Waals surface area contributed by atoms with E-state index in [-0.39, 0.29) is 18.0 Å². The largest absolute Gasteiger partial charge is 0.493 e. The van der Waals surface area contributed by atoms with Gasteiger partial charge in [0, 0.05) is 11.1 Å². The SMILES string of the molecule is O=C(Cc1cccc(F)c1[N+](=O)[O-])N[C@H]1CCCOc2ccccc21. The van der Waals surface area contributed by atoms with E-state index < -0.39 is 22.3 Å². The van der Waals surface area contributed by atoms with E-state index in [1.807, 2.05) is 24.3 Å². The van der Waals surface area contributed by atoms with E-state index in [9.17, 15) is 19.3 Å². The molecule has 130 valence electrons. The molecule has 1 atom stereocenters. The molecule has 25 heavy (non-hydrogen) atoms. The van der Waals surface area contributed by atoms with Crippen molar-refractivity contribution in [3.8, 4) is 5.75 Å². The van der Waals surface area contributed by atoms with Crippen molar-refractivity contribution in [2.24, 2.45) is 0 Å². The number of fused-ring (bicyclic) bond motifs is 1. The molecule has 2 aromatic rings. The minimum Gasteiger partial charge on any atom is -0.493 e. The van der Waals surface area contributed by atoms with Gasteiger partial charge in [-0.1, -0.05) is 30.3 Å². The lowest BCUT2D eigenvalue weighted by molar-refractivity contribution is -0.388. The summed E-state index contributed by atoms with van der Waals surface area (Å²) in [5.74, 6) is -0.610. The van der Waals surface area contributed by atoms with E-state index in [0.29, 0.717) is 13.0 Å². The number of nitrogens with one attached hydrogen (secondary N) is 1. The molecule has 0 saturated carbocycles. The Morgan fingerprint density at radius 1 is 1.28 bits per heavy atom. The Balaban J connectivity index is 1.78. The highest BCUT2D eigenvalue weighted by molar-refractivity contribution is 5.80. The summed E-state index contributed by atoms with van der Waals surface area (Å²) in [4.78, 5) is 22.6. The van der Waals surface area contributed by atoms with Crippen LogP contribution < -0.4 is 10.1 Å². The van der Waals surface area contributed by atoms with E-state index in [2.05, 4.69) is 5.32 Å². The predicted octanol–water partition coefficient (Wildman–Crippen LogP) is 3.31. The number of halogens is 1. The molecular weight excluding hydrogens is 327 g/mol. The molecule has 1 heterocycles. The Morgan fingerprint density at radius 3 is 2.88 bits per heavy atom. The molecule has 2 aromatic carbocycles. The molecule has 0 aromatic heterocycles. The highest BCUT2D eigenvalue weighted by atomic mass is 19.1. The molecule has 6 nitrogen and oxygen atoms in total. The number of nitro benzene ring substituents is 1. The maximum atomic E-state index is 13.7. The number of rotatable bonds is 4. The van der Waals surface area contributed by atoms with E-state index in [4.69, 9.17) is 4.74 Å². The van der Waals surface area contributed by atoms with Crippen molar-refractivity contribution in [2.45, 2.75) is 25.3 Å². The van der Waals surface area contributed by atoms with Gasteiger partial charge in [-0.3, -0.25) is 14.9 Å². The van der Waals surface area contributed by atoms with Crippen LogP contribution in [0.4, 0.5) is 10.1 Å². The molecule has 0 saturated heterocycles. The molecule has 0 fully saturated rings. The van der Waals surface area contributed by atoms with Crippen molar-refractivity contribution in [3.05, 3.63) is 69.5 Å². The average molecular weight is 344 g/mol. The normalized spacial score (nSPS) is 16.3. The molecule has 3 rings (SSSR count). The van der Waals surface area contributed by atoms with E-state index in [1.165, 1.54) is 12.1 Å². The summed E-state index contributed by atoms with van der Waals surface area (Å²) in [6.07, 6.45) is 1.22. The molecule has 0 aliphatic carbocycles. The summed E-state index contributed by atoms with van der Waals surface area (Å²) in [7, 11) is 0. The van der Waals surface area contributed by atoms with Crippen LogP contribution in [0.3, 0.4) is 0 Å². The van der Waals surface area contributed by atoms with Crippen molar-refractivity contribution < 1.29 is 18.8 Å². The topological polar surface area (TPSA) is 81.5 Å². The first-order chi connectivity index (χ1) is 12.1. The number of hydrogen-bond donors (Lipinski definition) is 1.